The molecule has 0 spiro atoms. The Morgan fingerprint density at radius 1 is 1.27 bits per heavy atom. The van der Waals surface area contributed by atoms with E-state index in [2.05, 4.69) is 4.72 Å². The summed E-state index contributed by atoms with van der Waals surface area (Å²) < 4.78 is 39.9. The van der Waals surface area contributed by atoms with Gasteiger partial charge in [-0.2, -0.15) is 0 Å². The number of hydrogen-bond donors (Lipinski definition) is 1. The van der Waals surface area contributed by atoms with E-state index in [4.69, 9.17) is 9.47 Å². The number of sulfonamides is 1. The summed E-state index contributed by atoms with van der Waals surface area (Å²) >= 11 is 0. The Morgan fingerprint density at radius 2 is 2.10 bits per heavy atom. The maximum Gasteiger partial charge on any atom is 0.265 e. The number of ether oxygens (including phenoxy) is 2. The number of amides is 1. The van der Waals surface area contributed by atoms with Crippen molar-refractivity contribution in [1.82, 2.24) is 0 Å². The Kier molecular flexibility index (Phi) is 5.71. The van der Waals surface area contributed by atoms with Crippen LogP contribution in [0.25, 0.3) is 0 Å². The third kappa shape index (κ3) is 4.02. The molecule has 2 aliphatic rings. The van der Waals surface area contributed by atoms with Gasteiger partial charge < -0.3 is 14.4 Å². The van der Waals surface area contributed by atoms with Crippen LogP contribution in [0.4, 0.5) is 11.4 Å². The number of carbonyl (C=O) groups excluding carboxylic acids is 1. The number of hydrogen-bond acceptors (Lipinski definition) is 5. The molecule has 2 heterocycles. The predicted octanol–water partition coefficient (Wildman–Crippen LogP) is 3.26. The van der Waals surface area contributed by atoms with Crippen LogP contribution in [0.2, 0.25) is 0 Å². The molecule has 8 heteroatoms. The predicted molar refractivity (Wildman–Crippen MR) is 115 cm³/mol. The van der Waals surface area contributed by atoms with Crippen molar-refractivity contribution in [2.24, 2.45) is 0 Å². The van der Waals surface area contributed by atoms with Crippen LogP contribution in [-0.2, 0) is 26.0 Å². The van der Waals surface area contributed by atoms with Gasteiger partial charge in [0.25, 0.3) is 15.9 Å². The summed E-state index contributed by atoms with van der Waals surface area (Å²) in [6.45, 7) is 5.19. The smallest absolute Gasteiger partial charge is 0.265 e. The number of carbonyl (C=O) groups is 1. The molecule has 1 fully saturated rings. The van der Waals surface area contributed by atoms with E-state index < -0.39 is 16.1 Å². The molecule has 0 saturated carbocycles. The number of anilines is 2. The monoisotopic (exact) mass is 430 g/mol. The van der Waals surface area contributed by atoms with Crippen molar-refractivity contribution in [3.63, 3.8) is 0 Å². The Bertz CT molecular complexity index is 1060. The Balaban J connectivity index is 1.61. The van der Waals surface area contributed by atoms with Crippen LogP contribution < -0.4 is 14.4 Å². The maximum absolute atomic E-state index is 13.1. The average Bonchev–Trinajstić information content (AvgIpc) is 3.38. The fourth-order valence-corrected chi connectivity index (χ4v) is 5.21. The second-order valence-electron chi connectivity index (χ2n) is 7.57. The van der Waals surface area contributed by atoms with E-state index in [-0.39, 0.29) is 10.8 Å². The molecule has 2 aliphatic heterocycles. The summed E-state index contributed by atoms with van der Waals surface area (Å²) in [7, 11) is -3.86. The topological polar surface area (TPSA) is 84.9 Å². The molecule has 1 unspecified atom stereocenters. The van der Waals surface area contributed by atoms with E-state index in [9.17, 15) is 13.2 Å². The first kappa shape index (κ1) is 20.7. The van der Waals surface area contributed by atoms with Crippen LogP contribution in [0, 0.1) is 6.92 Å². The summed E-state index contributed by atoms with van der Waals surface area (Å²) in [5.41, 5.74) is 2.99. The molecule has 30 heavy (non-hydrogen) atoms. The minimum Gasteiger partial charge on any atom is -0.492 e. The molecule has 1 atom stereocenters. The molecule has 0 aromatic heterocycles. The molecule has 160 valence electrons. The summed E-state index contributed by atoms with van der Waals surface area (Å²) in [5, 5.41) is 0. The molecule has 2 aromatic rings. The van der Waals surface area contributed by atoms with Gasteiger partial charge in [-0.25, -0.2) is 8.42 Å². The molecular formula is C22H26N2O5S. The van der Waals surface area contributed by atoms with E-state index in [1.807, 2.05) is 26.0 Å². The molecule has 0 bridgehead atoms. The van der Waals surface area contributed by atoms with Crippen molar-refractivity contribution in [2.75, 3.05) is 29.4 Å². The molecule has 1 N–H and O–H groups in total. The Labute approximate surface area is 177 Å². The van der Waals surface area contributed by atoms with Crippen LogP contribution in [0.5, 0.6) is 5.75 Å². The van der Waals surface area contributed by atoms with Gasteiger partial charge in [0, 0.05) is 18.8 Å². The Hall–Kier alpha value is -2.58. The molecule has 2 aromatic carbocycles. The van der Waals surface area contributed by atoms with Gasteiger partial charge >= 0.3 is 0 Å². The molecular weight excluding hydrogens is 404 g/mol. The number of rotatable bonds is 6. The van der Waals surface area contributed by atoms with Gasteiger partial charge in [0.1, 0.15) is 16.7 Å². The molecule has 0 radical (unpaired) electrons. The number of fused-ring (bicyclic) bond motifs is 1. The van der Waals surface area contributed by atoms with Gasteiger partial charge in [0.15, 0.2) is 0 Å². The zero-order valence-electron chi connectivity index (χ0n) is 17.2. The van der Waals surface area contributed by atoms with Gasteiger partial charge in [0.2, 0.25) is 0 Å². The SMILES string of the molecule is CCOc1ccc(C)cc1S(=O)(=O)Nc1ccc2c(c1)N(C(=O)C1CCCO1)CC2. The highest BCUT2D eigenvalue weighted by Crippen LogP contribution is 2.34. The molecule has 1 amide bonds. The largest absolute Gasteiger partial charge is 0.492 e. The number of nitrogens with one attached hydrogen (secondary N) is 1. The van der Waals surface area contributed by atoms with Crippen molar-refractivity contribution >= 4 is 27.3 Å². The number of aryl methyl sites for hydroxylation is 1. The van der Waals surface area contributed by atoms with E-state index in [0.29, 0.717) is 31.2 Å². The quantitative estimate of drug-likeness (QED) is 0.760. The van der Waals surface area contributed by atoms with Crippen molar-refractivity contribution in [2.45, 2.75) is 44.1 Å². The zero-order valence-corrected chi connectivity index (χ0v) is 18.0. The van der Waals surface area contributed by atoms with Crippen LogP contribution >= 0.6 is 0 Å². The fourth-order valence-electron chi connectivity index (χ4n) is 3.93. The van der Waals surface area contributed by atoms with Crippen molar-refractivity contribution in [3.8, 4) is 5.75 Å². The van der Waals surface area contributed by atoms with Crippen molar-refractivity contribution in [1.29, 1.82) is 0 Å². The van der Waals surface area contributed by atoms with E-state index >= 15 is 0 Å². The standard InChI is InChI=1S/C22H26N2O5S/c1-3-28-19-9-6-15(2)13-21(19)30(26,27)23-17-8-7-16-10-11-24(18(16)14-17)22(25)20-5-4-12-29-20/h6-9,13-14,20,23H,3-5,10-12H2,1-2H3. The van der Waals surface area contributed by atoms with Gasteiger partial charge in [-0.05, 0) is 68.5 Å². The summed E-state index contributed by atoms with van der Waals surface area (Å²) in [4.78, 5) is 14.6. The minimum atomic E-state index is -3.86. The van der Waals surface area contributed by atoms with Crippen LogP contribution in [0.3, 0.4) is 0 Å². The highest BCUT2D eigenvalue weighted by Gasteiger charge is 2.33. The van der Waals surface area contributed by atoms with Crippen LogP contribution in [0.15, 0.2) is 41.3 Å². The maximum atomic E-state index is 13.1. The van der Waals surface area contributed by atoms with Gasteiger partial charge in [-0.3, -0.25) is 9.52 Å². The second-order valence-corrected chi connectivity index (χ2v) is 9.22. The van der Waals surface area contributed by atoms with Gasteiger partial charge in [-0.1, -0.05) is 12.1 Å². The first-order valence-corrected chi connectivity index (χ1v) is 11.7. The lowest BCUT2D eigenvalue weighted by Crippen LogP contribution is -2.37. The van der Waals surface area contributed by atoms with Crippen LogP contribution in [-0.4, -0.2) is 40.2 Å². The zero-order chi connectivity index (χ0) is 21.3. The second kappa shape index (κ2) is 8.28. The lowest BCUT2D eigenvalue weighted by molar-refractivity contribution is -0.127. The molecule has 7 nitrogen and oxygen atoms in total. The molecule has 1 saturated heterocycles. The normalized spacial score (nSPS) is 18.3. The van der Waals surface area contributed by atoms with Crippen molar-refractivity contribution < 1.29 is 22.7 Å². The van der Waals surface area contributed by atoms with Crippen LogP contribution in [0.1, 0.15) is 30.9 Å². The van der Waals surface area contributed by atoms with Gasteiger partial charge in [0.05, 0.1) is 12.3 Å². The lowest BCUT2D eigenvalue weighted by atomic mass is 10.1. The molecule has 4 rings (SSSR count). The van der Waals surface area contributed by atoms with E-state index in [1.54, 1.807) is 29.2 Å². The summed E-state index contributed by atoms with van der Waals surface area (Å²) in [6, 6.07) is 10.4. The fraction of sp³-hybridized carbons (Fsp3) is 0.409. The van der Waals surface area contributed by atoms with Gasteiger partial charge in [-0.15, -0.1) is 0 Å². The highest BCUT2D eigenvalue weighted by atomic mass is 32.2. The summed E-state index contributed by atoms with van der Waals surface area (Å²) in [6.07, 6.45) is 1.95. The first-order valence-electron chi connectivity index (χ1n) is 10.2. The average molecular weight is 431 g/mol. The highest BCUT2D eigenvalue weighted by molar-refractivity contribution is 7.92. The van der Waals surface area contributed by atoms with Crippen molar-refractivity contribution in [3.05, 3.63) is 47.5 Å². The van der Waals surface area contributed by atoms with E-state index in [0.717, 1.165) is 36.1 Å². The third-order valence-corrected chi connectivity index (χ3v) is 6.80. The summed E-state index contributed by atoms with van der Waals surface area (Å²) in [5.74, 6) is 0.260. The third-order valence-electron chi connectivity index (χ3n) is 5.39. The minimum absolute atomic E-state index is 0.0522. The lowest BCUT2D eigenvalue weighted by Gasteiger charge is -2.21. The van der Waals surface area contributed by atoms with E-state index in [1.165, 1.54) is 0 Å². The number of benzene rings is 2. The number of nitrogens with zero attached hydrogens (tertiary/aromatic N) is 1. The Morgan fingerprint density at radius 3 is 2.83 bits per heavy atom. The first-order chi connectivity index (χ1) is 14.4. The molecule has 0 aliphatic carbocycles.